The third-order valence-electron chi connectivity index (χ3n) is 2.39. The molecule has 0 atom stereocenters. The van der Waals surface area contributed by atoms with Crippen molar-refractivity contribution in [1.82, 2.24) is 4.98 Å². The van der Waals surface area contributed by atoms with E-state index in [2.05, 4.69) is 9.98 Å². The predicted octanol–water partition coefficient (Wildman–Crippen LogP) is 0.846. The van der Waals surface area contributed by atoms with Crippen LogP contribution in [0.25, 0.3) is 11.5 Å². The first-order valence-electron chi connectivity index (χ1n) is 6.37. The predicted molar refractivity (Wildman–Crippen MR) is 84.2 cm³/mol. The van der Waals surface area contributed by atoms with Gasteiger partial charge < -0.3 is 15.9 Å². The van der Waals surface area contributed by atoms with Gasteiger partial charge in [-0.2, -0.15) is 13.4 Å². The number of aliphatic imine (C=N–C) groups is 1. The molecule has 0 saturated carbocycles. The Balaban J connectivity index is 0.000000550. The van der Waals surface area contributed by atoms with Crippen LogP contribution in [0.3, 0.4) is 0 Å². The van der Waals surface area contributed by atoms with Crippen LogP contribution in [0.4, 0.5) is 8.78 Å². The zero-order valence-corrected chi connectivity index (χ0v) is 13.8. The largest absolute Gasteiger partial charge is 0.440 e. The maximum Gasteiger partial charge on any atom is 0.302 e. The van der Waals surface area contributed by atoms with Gasteiger partial charge in [0.15, 0.2) is 11.7 Å². The molecule has 0 radical (unpaired) electrons. The molecule has 0 fully saturated rings. The Bertz CT molecular complexity index is 912. The number of hydrogen-bond donors (Lipinski definition) is 3. The number of rotatable bonds is 2. The van der Waals surface area contributed by atoms with Gasteiger partial charge >= 0.3 is 5.91 Å². The van der Waals surface area contributed by atoms with Gasteiger partial charge in [0.2, 0.25) is 5.89 Å². The number of nitrogens with two attached hydrogens (primary N) is 2. The van der Waals surface area contributed by atoms with Crippen molar-refractivity contribution < 1.29 is 31.0 Å². The molecule has 2 aromatic rings. The van der Waals surface area contributed by atoms with E-state index in [9.17, 15) is 22.0 Å². The summed E-state index contributed by atoms with van der Waals surface area (Å²) in [5.41, 5.74) is 9.80. The third-order valence-corrected chi connectivity index (χ3v) is 2.39. The van der Waals surface area contributed by atoms with E-state index in [1.54, 1.807) is 0 Å². The number of hydrogen-bond acceptors (Lipinski definition) is 5. The minimum absolute atomic E-state index is 0.0960. The van der Waals surface area contributed by atoms with Gasteiger partial charge in [0, 0.05) is 0 Å². The number of halogens is 2. The SMILES string of the molecule is CS(=O)(=O)O.Cc1oc(-c2cc(F)ccc2F)nc1C(=O)N=C(N)N. The van der Waals surface area contributed by atoms with Gasteiger partial charge in [0.1, 0.15) is 17.4 Å². The van der Waals surface area contributed by atoms with Gasteiger partial charge in [-0.05, 0) is 25.1 Å². The lowest BCUT2D eigenvalue weighted by atomic mass is 10.2. The molecule has 0 aliphatic heterocycles. The minimum Gasteiger partial charge on any atom is -0.440 e. The summed E-state index contributed by atoms with van der Waals surface area (Å²) in [5.74, 6) is -2.78. The van der Waals surface area contributed by atoms with Gasteiger partial charge in [-0.3, -0.25) is 9.35 Å². The highest BCUT2D eigenvalue weighted by molar-refractivity contribution is 7.85. The normalized spacial score (nSPS) is 10.6. The van der Waals surface area contributed by atoms with Crippen LogP contribution in [0.2, 0.25) is 0 Å². The second kappa shape index (κ2) is 7.81. The molecule has 0 aliphatic rings. The van der Waals surface area contributed by atoms with E-state index in [-0.39, 0.29) is 22.9 Å². The van der Waals surface area contributed by atoms with Crippen molar-refractivity contribution in [3.05, 3.63) is 41.3 Å². The molecule has 1 heterocycles. The highest BCUT2D eigenvalue weighted by atomic mass is 32.2. The van der Waals surface area contributed by atoms with Crippen LogP contribution < -0.4 is 11.5 Å². The van der Waals surface area contributed by atoms with Crippen molar-refractivity contribution in [3.63, 3.8) is 0 Å². The van der Waals surface area contributed by atoms with Crippen LogP contribution in [-0.4, -0.2) is 36.1 Å². The molecular formula is C13H14F2N4O5S. The Morgan fingerprint density at radius 2 is 1.88 bits per heavy atom. The number of aromatic nitrogens is 1. The van der Waals surface area contributed by atoms with E-state index in [0.717, 1.165) is 18.2 Å². The van der Waals surface area contributed by atoms with Crippen LogP contribution in [0, 0.1) is 18.6 Å². The highest BCUT2D eigenvalue weighted by Gasteiger charge is 2.20. The standard InChI is InChI=1S/C12H10F2N4O2.CH4O3S/c1-5-9(10(19)18-12(15)16)17-11(20-5)7-4-6(13)2-3-8(7)14;1-5(2,3)4/h2-4H,1H3,(H4,15,16,18,19);1H3,(H,2,3,4). The fourth-order valence-electron chi connectivity index (χ4n) is 1.54. The maximum atomic E-state index is 13.6. The lowest BCUT2D eigenvalue weighted by Gasteiger charge is -1.97. The minimum atomic E-state index is -3.67. The average molecular weight is 376 g/mol. The zero-order chi connectivity index (χ0) is 19.4. The lowest BCUT2D eigenvalue weighted by Crippen LogP contribution is -2.24. The second-order valence-electron chi connectivity index (χ2n) is 4.62. The van der Waals surface area contributed by atoms with E-state index < -0.39 is 33.6 Å². The van der Waals surface area contributed by atoms with Crippen LogP contribution in [0.1, 0.15) is 16.2 Å². The smallest absolute Gasteiger partial charge is 0.302 e. The number of oxazole rings is 1. The monoisotopic (exact) mass is 376 g/mol. The summed E-state index contributed by atoms with van der Waals surface area (Å²) in [4.78, 5) is 18.7. The van der Waals surface area contributed by atoms with Crippen LogP contribution >= 0.6 is 0 Å². The average Bonchev–Trinajstić information content (AvgIpc) is 2.81. The van der Waals surface area contributed by atoms with Crippen LogP contribution in [-0.2, 0) is 10.1 Å². The first-order chi connectivity index (χ1) is 11.4. The number of carbonyl (C=O) groups excluding carboxylic acids is 1. The van der Waals surface area contributed by atoms with Gasteiger partial charge in [0.25, 0.3) is 10.1 Å². The van der Waals surface area contributed by atoms with Gasteiger partial charge in [-0.15, -0.1) is 0 Å². The Hall–Kier alpha value is -2.86. The Kier molecular flexibility index (Phi) is 6.30. The molecule has 1 amide bonds. The molecule has 5 N–H and O–H groups in total. The fourth-order valence-corrected chi connectivity index (χ4v) is 1.54. The van der Waals surface area contributed by atoms with Crippen LogP contribution in [0.15, 0.2) is 27.6 Å². The van der Waals surface area contributed by atoms with E-state index in [0.29, 0.717) is 6.26 Å². The highest BCUT2D eigenvalue weighted by Crippen LogP contribution is 2.25. The molecule has 0 unspecified atom stereocenters. The number of amides is 1. The van der Waals surface area contributed by atoms with E-state index in [4.69, 9.17) is 20.4 Å². The molecule has 136 valence electrons. The quantitative estimate of drug-likeness (QED) is 0.394. The zero-order valence-electron chi connectivity index (χ0n) is 13.0. The number of nitrogens with zero attached hydrogens (tertiary/aromatic N) is 2. The number of guanidine groups is 1. The molecule has 9 nitrogen and oxygen atoms in total. The summed E-state index contributed by atoms with van der Waals surface area (Å²) in [6.45, 7) is 1.43. The molecule has 0 aliphatic carbocycles. The molecular weight excluding hydrogens is 362 g/mol. The number of aryl methyl sites for hydroxylation is 1. The molecule has 0 saturated heterocycles. The van der Waals surface area contributed by atoms with Crippen molar-refractivity contribution in [2.24, 2.45) is 16.5 Å². The van der Waals surface area contributed by atoms with Crippen molar-refractivity contribution in [2.75, 3.05) is 6.26 Å². The molecule has 0 bridgehead atoms. The van der Waals surface area contributed by atoms with E-state index >= 15 is 0 Å². The third kappa shape index (κ3) is 6.64. The summed E-state index contributed by atoms with van der Waals surface area (Å²) >= 11 is 0. The summed E-state index contributed by atoms with van der Waals surface area (Å²) in [6.07, 6.45) is 0.715. The van der Waals surface area contributed by atoms with Gasteiger partial charge in [0.05, 0.1) is 11.8 Å². The second-order valence-corrected chi connectivity index (χ2v) is 6.09. The van der Waals surface area contributed by atoms with Gasteiger partial charge in [-0.25, -0.2) is 13.8 Å². The number of carbonyl (C=O) groups is 1. The summed E-state index contributed by atoms with van der Waals surface area (Å²) in [5, 5.41) is 0. The molecule has 2 rings (SSSR count). The Labute approximate surface area is 141 Å². The van der Waals surface area contributed by atoms with Crippen molar-refractivity contribution in [3.8, 4) is 11.5 Å². The van der Waals surface area contributed by atoms with Gasteiger partial charge in [-0.1, -0.05) is 0 Å². The summed E-state index contributed by atoms with van der Waals surface area (Å²) in [6, 6.07) is 2.80. The molecule has 1 aromatic heterocycles. The van der Waals surface area contributed by atoms with Crippen molar-refractivity contribution in [1.29, 1.82) is 0 Å². The molecule has 1 aromatic carbocycles. The van der Waals surface area contributed by atoms with E-state index in [1.165, 1.54) is 6.92 Å². The Morgan fingerprint density at radius 3 is 2.40 bits per heavy atom. The first kappa shape index (κ1) is 20.2. The van der Waals surface area contributed by atoms with E-state index in [1.807, 2.05) is 0 Å². The first-order valence-corrected chi connectivity index (χ1v) is 8.22. The summed E-state index contributed by atoms with van der Waals surface area (Å²) in [7, 11) is -3.67. The maximum absolute atomic E-state index is 13.6. The Morgan fingerprint density at radius 1 is 1.32 bits per heavy atom. The number of benzene rings is 1. The molecule has 12 heteroatoms. The fraction of sp³-hybridized carbons (Fsp3) is 0.154. The molecule has 25 heavy (non-hydrogen) atoms. The van der Waals surface area contributed by atoms with Crippen molar-refractivity contribution >= 4 is 22.0 Å². The van der Waals surface area contributed by atoms with Crippen LogP contribution in [0.5, 0.6) is 0 Å². The molecule has 0 spiro atoms. The van der Waals surface area contributed by atoms with Crippen molar-refractivity contribution in [2.45, 2.75) is 6.92 Å². The lowest BCUT2D eigenvalue weighted by molar-refractivity contribution is 0.0997. The topological polar surface area (TPSA) is 162 Å². The summed E-state index contributed by atoms with van der Waals surface area (Å²) < 4.78 is 57.7.